The van der Waals surface area contributed by atoms with E-state index < -0.39 is 18.1 Å². The molecular formula is C21H28N2O4. The van der Waals surface area contributed by atoms with Crippen molar-refractivity contribution in [3.05, 3.63) is 29.8 Å². The average Bonchev–Trinajstić information content (AvgIpc) is 2.60. The van der Waals surface area contributed by atoms with Crippen LogP contribution in [-0.4, -0.2) is 30.8 Å². The third kappa shape index (κ3) is 3.89. The first-order chi connectivity index (χ1) is 12.9. The second kappa shape index (κ2) is 7.06. The van der Waals surface area contributed by atoms with Crippen LogP contribution in [0.5, 0.6) is 0 Å². The molecule has 0 heterocycles. The lowest BCUT2D eigenvalue weighted by Gasteiger charge is -2.55. The number of hydrogen-bond acceptors (Lipinski definition) is 5. The van der Waals surface area contributed by atoms with Crippen molar-refractivity contribution < 1.29 is 19.1 Å². The third-order valence-corrected chi connectivity index (χ3v) is 6.49. The number of ether oxygens (including phenoxy) is 2. The van der Waals surface area contributed by atoms with Gasteiger partial charge in [-0.25, -0.2) is 9.59 Å². The minimum Gasteiger partial charge on any atom is -0.467 e. The Hall–Kier alpha value is -2.24. The molecule has 6 heteroatoms. The smallest absolute Gasteiger partial charge is 0.408 e. The fourth-order valence-electron chi connectivity index (χ4n) is 5.75. The Morgan fingerprint density at radius 2 is 1.67 bits per heavy atom. The lowest BCUT2D eigenvalue weighted by molar-refractivity contribution is -0.144. The van der Waals surface area contributed by atoms with Gasteiger partial charge in [-0.15, -0.1) is 0 Å². The Morgan fingerprint density at radius 3 is 2.19 bits per heavy atom. The van der Waals surface area contributed by atoms with Crippen LogP contribution in [0.2, 0.25) is 0 Å². The number of esters is 1. The SMILES string of the molecule is COC(=O)C(Cc1ccc(N)cc1)NC(=O)OC12CC3CC(CC(C3)C1)C2. The maximum Gasteiger partial charge on any atom is 0.408 e. The van der Waals surface area contributed by atoms with E-state index in [0.29, 0.717) is 29.9 Å². The van der Waals surface area contributed by atoms with Gasteiger partial charge in [-0.1, -0.05) is 12.1 Å². The summed E-state index contributed by atoms with van der Waals surface area (Å²) in [5.74, 6) is 1.59. The van der Waals surface area contributed by atoms with Crippen molar-refractivity contribution in [2.45, 2.75) is 56.6 Å². The molecule has 0 aromatic heterocycles. The normalized spacial score (nSPS) is 32.0. The number of methoxy groups -OCH3 is 1. The summed E-state index contributed by atoms with van der Waals surface area (Å²) in [6.07, 6.45) is 6.57. The van der Waals surface area contributed by atoms with Gasteiger partial charge in [0.25, 0.3) is 0 Å². The zero-order valence-electron chi connectivity index (χ0n) is 15.8. The van der Waals surface area contributed by atoms with Crippen molar-refractivity contribution in [1.29, 1.82) is 0 Å². The Morgan fingerprint density at radius 1 is 1.11 bits per heavy atom. The van der Waals surface area contributed by atoms with Gasteiger partial charge in [-0.05, 0) is 74.0 Å². The molecule has 1 atom stereocenters. The first kappa shape index (κ1) is 18.1. The first-order valence-electron chi connectivity index (χ1n) is 9.86. The number of rotatable bonds is 5. The van der Waals surface area contributed by atoms with Crippen LogP contribution in [0.1, 0.15) is 44.1 Å². The maximum absolute atomic E-state index is 12.6. The van der Waals surface area contributed by atoms with Crippen LogP contribution < -0.4 is 11.1 Å². The van der Waals surface area contributed by atoms with E-state index in [9.17, 15) is 9.59 Å². The van der Waals surface area contributed by atoms with Gasteiger partial charge in [-0.3, -0.25) is 0 Å². The highest BCUT2D eigenvalue weighted by molar-refractivity contribution is 5.81. The summed E-state index contributed by atoms with van der Waals surface area (Å²) in [4.78, 5) is 24.8. The van der Waals surface area contributed by atoms with Crippen molar-refractivity contribution in [3.63, 3.8) is 0 Å². The second-order valence-corrected chi connectivity index (χ2v) is 8.66. The number of nitrogens with two attached hydrogens (primary N) is 1. The van der Waals surface area contributed by atoms with Crippen LogP contribution >= 0.6 is 0 Å². The van der Waals surface area contributed by atoms with Gasteiger partial charge in [0.1, 0.15) is 11.6 Å². The molecule has 1 aromatic carbocycles. The minimum atomic E-state index is -0.778. The van der Waals surface area contributed by atoms with Crippen LogP contribution in [0.3, 0.4) is 0 Å². The predicted molar refractivity (Wildman–Crippen MR) is 101 cm³/mol. The van der Waals surface area contributed by atoms with Crippen LogP contribution in [-0.2, 0) is 20.7 Å². The van der Waals surface area contributed by atoms with Gasteiger partial charge in [0.2, 0.25) is 0 Å². The molecule has 146 valence electrons. The second-order valence-electron chi connectivity index (χ2n) is 8.66. The van der Waals surface area contributed by atoms with E-state index in [-0.39, 0.29) is 5.60 Å². The number of carbonyl (C=O) groups excluding carboxylic acids is 2. The van der Waals surface area contributed by atoms with Crippen LogP contribution in [0.25, 0.3) is 0 Å². The lowest BCUT2D eigenvalue weighted by atomic mass is 9.54. The molecule has 4 aliphatic rings. The van der Waals surface area contributed by atoms with Gasteiger partial charge in [0.15, 0.2) is 0 Å². The summed E-state index contributed by atoms with van der Waals surface area (Å²) in [6.45, 7) is 0. The molecular weight excluding hydrogens is 344 g/mol. The Bertz CT molecular complexity index is 680. The highest BCUT2D eigenvalue weighted by Crippen LogP contribution is 2.57. The van der Waals surface area contributed by atoms with Gasteiger partial charge >= 0.3 is 12.1 Å². The van der Waals surface area contributed by atoms with E-state index in [0.717, 1.165) is 24.8 Å². The standard InChI is InChI=1S/C21H28N2O4/c1-26-19(24)18(9-13-2-4-17(22)5-3-13)23-20(25)27-21-10-14-6-15(11-21)8-16(7-14)12-21/h2-5,14-16,18H,6-12,22H2,1H3,(H,23,25). The Kier molecular flexibility index (Phi) is 4.74. The fourth-order valence-corrected chi connectivity index (χ4v) is 5.75. The number of nitrogen functional groups attached to an aromatic ring is 1. The molecule has 0 spiro atoms. The molecule has 4 fully saturated rings. The molecule has 0 radical (unpaired) electrons. The van der Waals surface area contributed by atoms with Crippen molar-refractivity contribution in [3.8, 4) is 0 Å². The van der Waals surface area contributed by atoms with Crippen molar-refractivity contribution in [1.82, 2.24) is 5.32 Å². The molecule has 4 bridgehead atoms. The maximum atomic E-state index is 12.6. The summed E-state index contributed by atoms with van der Waals surface area (Å²) in [6, 6.07) is 6.46. The monoisotopic (exact) mass is 372 g/mol. The summed E-state index contributed by atoms with van der Waals surface area (Å²) in [5, 5.41) is 2.74. The molecule has 3 N–H and O–H groups in total. The molecule has 1 amide bonds. The molecule has 6 nitrogen and oxygen atoms in total. The molecule has 1 aromatic rings. The van der Waals surface area contributed by atoms with Crippen LogP contribution in [0, 0.1) is 17.8 Å². The largest absolute Gasteiger partial charge is 0.467 e. The van der Waals surface area contributed by atoms with E-state index >= 15 is 0 Å². The summed E-state index contributed by atoms with van der Waals surface area (Å²) < 4.78 is 10.8. The number of nitrogens with one attached hydrogen (secondary N) is 1. The number of alkyl carbamates (subject to hydrolysis) is 1. The molecule has 4 aliphatic carbocycles. The molecule has 5 rings (SSSR count). The molecule has 4 saturated carbocycles. The van der Waals surface area contributed by atoms with Crippen LogP contribution in [0.4, 0.5) is 10.5 Å². The van der Waals surface area contributed by atoms with E-state index in [1.165, 1.54) is 26.4 Å². The van der Waals surface area contributed by atoms with E-state index in [1.807, 2.05) is 12.1 Å². The predicted octanol–water partition coefficient (Wildman–Crippen LogP) is 3.05. The zero-order valence-corrected chi connectivity index (χ0v) is 15.8. The first-order valence-corrected chi connectivity index (χ1v) is 9.86. The minimum absolute atomic E-state index is 0.333. The molecule has 27 heavy (non-hydrogen) atoms. The Labute approximate surface area is 159 Å². The van der Waals surface area contributed by atoms with Crippen molar-refractivity contribution in [2.75, 3.05) is 12.8 Å². The van der Waals surface area contributed by atoms with E-state index in [2.05, 4.69) is 5.32 Å². The molecule has 1 unspecified atom stereocenters. The lowest BCUT2D eigenvalue weighted by Crippen LogP contribution is -2.55. The van der Waals surface area contributed by atoms with E-state index in [4.69, 9.17) is 15.2 Å². The van der Waals surface area contributed by atoms with Crippen molar-refractivity contribution in [2.24, 2.45) is 17.8 Å². The molecule has 0 saturated heterocycles. The quantitative estimate of drug-likeness (QED) is 0.612. The number of hydrogen-bond donors (Lipinski definition) is 2. The van der Waals surface area contributed by atoms with Crippen molar-refractivity contribution >= 4 is 17.7 Å². The van der Waals surface area contributed by atoms with Gasteiger partial charge in [0, 0.05) is 12.1 Å². The van der Waals surface area contributed by atoms with Crippen LogP contribution in [0.15, 0.2) is 24.3 Å². The highest BCUT2D eigenvalue weighted by atomic mass is 16.6. The summed E-state index contributed by atoms with van der Waals surface area (Å²) in [5.41, 5.74) is 6.93. The number of anilines is 1. The summed E-state index contributed by atoms with van der Waals surface area (Å²) >= 11 is 0. The topological polar surface area (TPSA) is 90.6 Å². The fraction of sp³-hybridized carbons (Fsp3) is 0.619. The zero-order chi connectivity index (χ0) is 19.0. The average molecular weight is 372 g/mol. The molecule has 0 aliphatic heterocycles. The number of carbonyl (C=O) groups is 2. The Balaban J connectivity index is 1.41. The third-order valence-electron chi connectivity index (χ3n) is 6.49. The van der Waals surface area contributed by atoms with E-state index in [1.54, 1.807) is 12.1 Å². The highest BCUT2D eigenvalue weighted by Gasteiger charge is 2.53. The number of benzene rings is 1. The summed E-state index contributed by atoms with van der Waals surface area (Å²) in [7, 11) is 1.32. The van der Waals surface area contributed by atoms with Gasteiger partial charge in [-0.2, -0.15) is 0 Å². The number of amides is 1. The van der Waals surface area contributed by atoms with Gasteiger partial charge in [0.05, 0.1) is 7.11 Å². The van der Waals surface area contributed by atoms with Gasteiger partial charge < -0.3 is 20.5 Å².